The molecule has 0 aliphatic rings. The monoisotopic (exact) mass is 263 g/mol. The Labute approximate surface area is 110 Å². The van der Waals surface area contributed by atoms with Crippen LogP contribution in [0.15, 0.2) is 42.7 Å². The van der Waals surface area contributed by atoms with Gasteiger partial charge in [-0.1, -0.05) is 41.9 Å². The van der Waals surface area contributed by atoms with Crippen molar-refractivity contribution in [3.05, 3.63) is 53.3 Å². The molecule has 2 aromatic rings. The number of primary amides is 1. The minimum atomic E-state index is -0.922. The highest BCUT2D eigenvalue weighted by Crippen LogP contribution is 2.22. The van der Waals surface area contributed by atoms with Crippen molar-refractivity contribution in [3.63, 3.8) is 0 Å². The van der Waals surface area contributed by atoms with E-state index in [1.165, 1.54) is 10.9 Å². The third kappa shape index (κ3) is 2.38. The van der Waals surface area contributed by atoms with Gasteiger partial charge >= 0.3 is 0 Å². The predicted octanol–water partition coefficient (Wildman–Crippen LogP) is 1.98. The smallest absolute Gasteiger partial charge is 0.245 e. The van der Waals surface area contributed by atoms with E-state index in [2.05, 4.69) is 5.10 Å². The summed E-state index contributed by atoms with van der Waals surface area (Å²) in [6.07, 6.45) is 3.57. The Morgan fingerprint density at radius 3 is 2.61 bits per heavy atom. The molecular formula is C13H14ClN3O. The Kier molecular flexibility index (Phi) is 3.39. The fourth-order valence-corrected chi connectivity index (χ4v) is 1.98. The van der Waals surface area contributed by atoms with E-state index < -0.39 is 11.4 Å². The summed E-state index contributed by atoms with van der Waals surface area (Å²) in [4.78, 5) is 11.8. The van der Waals surface area contributed by atoms with E-state index in [-0.39, 0.29) is 0 Å². The van der Waals surface area contributed by atoms with E-state index in [0.29, 0.717) is 11.4 Å². The molecule has 0 fully saturated rings. The van der Waals surface area contributed by atoms with Crippen LogP contribution in [-0.2, 0) is 16.8 Å². The summed E-state index contributed by atoms with van der Waals surface area (Å²) in [5, 5.41) is 4.57. The van der Waals surface area contributed by atoms with Crippen molar-refractivity contribution in [2.75, 3.05) is 0 Å². The van der Waals surface area contributed by atoms with Crippen LogP contribution in [0.3, 0.4) is 0 Å². The van der Waals surface area contributed by atoms with E-state index >= 15 is 0 Å². The van der Waals surface area contributed by atoms with Gasteiger partial charge in [-0.05, 0) is 12.5 Å². The average Bonchev–Trinajstić information content (AvgIpc) is 2.77. The van der Waals surface area contributed by atoms with E-state index in [1.54, 1.807) is 13.1 Å². The van der Waals surface area contributed by atoms with Gasteiger partial charge in [-0.25, -0.2) is 0 Å². The number of hydrogen-bond donors (Lipinski definition) is 1. The first-order valence-electron chi connectivity index (χ1n) is 5.57. The lowest BCUT2D eigenvalue weighted by Gasteiger charge is -2.26. The molecule has 0 bridgehead atoms. The van der Waals surface area contributed by atoms with Gasteiger partial charge in [0.05, 0.1) is 11.2 Å². The molecule has 1 aromatic heterocycles. The second-order valence-electron chi connectivity index (χ2n) is 4.40. The molecule has 0 aliphatic carbocycles. The van der Waals surface area contributed by atoms with Crippen LogP contribution in [0.25, 0.3) is 0 Å². The summed E-state index contributed by atoms with van der Waals surface area (Å²) < 4.78 is 1.52. The first-order chi connectivity index (χ1) is 8.52. The molecule has 1 amide bonds. The molecule has 1 atom stereocenters. The summed E-state index contributed by atoms with van der Waals surface area (Å²) in [6.45, 7) is 1.76. The van der Waals surface area contributed by atoms with E-state index in [1.807, 2.05) is 30.3 Å². The number of benzene rings is 1. The van der Waals surface area contributed by atoms with Crippen LogP contribution in [0, 0.1) is 0 Å². The highest BCUT2D eigenvalue weighted by Gasteiger charge is 2.34. The molecule has 5 heteroatoms. The minimum Gasteiger partial charge on any atom is -0.368 e. The van der Waals surface area contributed by atoms with Gasteiger partial charge in [-0.2, -0.15) is 5.10 Å². The molecule has 2 rings (SSSR count). The molecule has 94 valence electrons. The van der Waals surface area contributed by atoms with Crippen LogP contribution >= 0.6 is 11.6 Å². The first kappa shape index (κ1) is 12.6. The second-order valence-corrected chi connectivity index (χ2v) is 4.84. The van der Waals surface area contributed by atoms with Crippen molar-refractivity contribution in [1.29, 1.82) is 0 Å². The normalized spacial score (nSPS) is 14.1. The summed E-state index contributed by atoms with van der Waals surface area (Å²) in [5.74, 6) is -0.439. The molecular weight excluding hydrogens is 250 g/mol. The molecule has 18 heavy (non-hydrogen) atoms. The van der Waals surface area contributed by atoms with Crippen LogP contribution in [-0.4, -0.2) is 15.7 Å². The maximum Gasteiger partial charge on any atom is 0.245 e. The molecule has 0 saturated carbocycles. The zero-order valence-corrected chi connectivity index (χ0v) is 10.8. The van der Waals surface area contributed by atoms with Crippen molar-refractivity contribution < 1.29 is 4.79 Å². The van der Waals surface area contributed by atoms with Gasteiger partial charge < -0.3 is 5.73 Å². The molecule has 0 radical (unpaired) electrons. The number of nitrogens with zero attached hydrogens (tertiary/aromatic N) is 2. The number of amides is 1. The largest absolute Gasteiger partial charge is 0.368 e. The molecule has 1 heterocycles. The number of carbonyl (C=O) groups excluding carboxylic acids is 1. The van der Waals surface area contributed by atoms with E-state index in [0.717, 1.165) is 5.56 Å². The number of rotatable bonds is 4. The van der Waals surface area contributed by atoms with E-state index in [4.69, 9.17) is 17.3 Å². The van der Waals surface area contributed by atoms with E-state index in [9.17, 15) is 4.79 Å². The molecule has 1 unspecified atom stereocenters. The topological polar surface area (TPSA) is 60.9 Å². The standard InChI is InChI=1S/C13H14ClN3O/c1-13(12(15)18,17-9-11(14)8-16-17)7-10-5-3-2-4-6-10/h2-6,8-9H,7H2,1H3,(H2,15,18). The van der Waals surface area contributed by atoms with Crippen LogP contribution in [0.1, 0.15) is 12.5 Å². The number of nitrogens with two attached hydrogens (primary N) is 1. The number of hydrogen-bond acceptors (Lipinski definition) is 2. The molecule has 0 saturated heterocycles. The molecule has 4 nitrogen and oxygen atoms in total. The summed E-state index contributed by atoms with van der Waals surface area (Å²) in [5.41, 5.74) is 5.61. The molecule has 0 spiro atoms. The van der Waals surface area contributed by atoms with Gasteiger partial charge in [0.25, 0.3) is 0 Å². The maximum absolute atomic E-state index is 11.8. The molecule has 1 aromatic carbocycles. The first-order valence-corrected chi connectivity index (χ1v) is 5.94. The van der Waals surface area contributed by atoms with Gasteiger partial charge in [0, 0.05) is 12.6 Å². The lowest BCUT2D eigenvalue weighted by atomic mass is 9.92. The quantitative estimate of drug-likeness (QED) is 0.917. The number of carbonyl (C=O) groups is 1. The average molecular weight is 264 g/mol. The fraction of sp³-hybridized carbons (Fsp3) is 0.231. The van der Waals surface area contributed by atoms with Gasteiger partial charge in [0.2, 0.25) is 5.91 Å². The number of aromatic nitrogens is 2. The third-order valence-corrected chi connectivity index (χ3v) is 3.17. The lowest BCUT2D eigenvalue weighted by Crippen LogP contribution is -2.46. The Morgan fingerprint density at radius 2 is 2.11 bits per heavy atom. The van der Waals surface area contributed by atoms with Gasteiger partial charge in [0.15, 0.2) is 0 Å². The van der Waals surface area contributed by atoms with Crippen LogP contribution in [0.2, 0.25) is 5.02 Å². The summed E-state index contributed by atoms with van der Waals surface area (Å²) in [6, 6.07) is 9.67. The van der Waals surface area contributed by atoms with Crippen molar-refractivity contribution >= 4 is 17.5 Å². The Morgan fingerprint density at radius 1 is 1.44 bits per heavy atom. The van der Waals surface area contributed by atoms with Crippen LogP contribution in [0.5, 0.6) is 0 Å². The van der Waals surface area contributed by atoms with Crippen molar-refractivity contribution in [2.45, 2.75) is 18.9 Å². The van der Waals surface area contributed by atoms with Crippen LogP contribution in [0.4, 0.5) is 0 Å². The summed E-state index contributed by atoms with van der Waals surface area (Å²) >= 11 is 5.84. The Bertz CT molecular complexity index is 552. The third-order valence-electron chi connectivity index (χ3n) is 2.98. The predicted molar refractivity (Wildman–Crippen MR) is 70.2 cm³/mol. The Balaban J connectivity index is 2.36. The fourth-order valence-electron chi connectivity index (χ4n) is 1.85. The lowest BCUT2D eigenvalue weighted by molar-refractivity contribution is -0.126. The Hall–Kier alpha value is -1.81. The van der Waals surface area contributed by atoms with Gasteiger partial charge in [0.1, 0.15) is 5.54 Å². The van der Waals surface area contributed by atoms with Gasteiger partial charge in [-0.3, -0.25) is 9.48 Å². The molecule has 2 N–H and O–H groups in total. The highest BCUT2D eigenvalue weighted by molar-refractivity contribution is 6.30. The molecule has 0 aliphatic heterocycles. The van der Waals surface area contributed by atoms with Crippen molar-refractivity contribution in [3.8, 4) is 0 Å². The van der Waals surface area contributed by atoms with Crippen LogP contribution < -0.4 is 5.73 Å². The second kappa shape index (κ2) is 4.82. The summed E-state index contributed by atoms with van der Waals surface area (Å²) in [7, 11) is 0. The SMILES string of the molecule is CC(Cc1ccccc1)(C(N)=O)n1cc(Cl)cn1. The van der Waals surface area contributed by atoms with Crippen molar-refractivity contribution in [2.24, 2.45) is 5.73 Å². The zero-order chi connectivity index (χ0) is 13.2. The maximum atomic E-state index is 11.8. The zero-order valence-electron chi connectivity index (χ0n) is 10.0. The minimum absolute atomic E-state index is 0.439. The van der Waals surface area contributed by atoms with Crippen molar-refractivity contribution in [1.82, 2.24) is 9.78 Å². The van der Waals surface area contributed by atoms with Gasteiger partial charge in [-0.15, -0.1) is 0 Å². The highest BCUT2D eigenvalue weighted by atomic mass is 35.5. The number of halogens is 1.